The number of hydrogen-bond acceptors (Lipinski definition) is 5. The van der Waals surface area contributed by atoms with E-state index in [1.54, 1.807) is 48.5 Å². The summed E-state index contributed by atoms with van der Waals surface area (Å²) in [6.07, 6.45) is 0. The van der Waals surface area contributed by atoms with Crippen LogP contribution in [0, 0.1) is 0 Å². The lowest BCUT2D eigenvalue weighted by atomic mass is 10.1. The average Bonchev–Trinajstić information content (AvgIpc) is 2.98. The van der Waals surface area contributed by atoms with Crippen LogP contribution < -0.4 is 15.4 Å². The summed E-state index contributed by atoms with van der Waals surface area (Å²) >= 11 is 0. The monoisotopic (exact) mass is 395 g/mol. The minimum atomic E-state index is -0.976. The summed E-state index contributed by atoms with van der Waals surface area (Å²) in [7, 11) is 0. The van der Waals surface area contributed by atoms with Gasteiger partial charge in [0.15, 0.2) is 6.61 Å². The van der Waals surface area contributed by atoms with Crippen LogP contribution in [0.3, 0.4) is 0 Å². The molecular formula is C21H21N3O5. The van der Waals surface area contributed by atoms with E-state index in [2.05, 4.69) is 10.6 Å². The molecule has 0 saturated heterocycles. The van der Waals surface area contributed by atoms with Crippen LogP contribution in [0.4, 0.5) is 5.69 Å². The molecule has 1 unspecified atom stereocenters. The van der Waals surface area contributed by atoms with E-state index in [1.807, 2.05) is 6.92 Å². The Bertz CT molecular complexity index is 920. The number of rotatable bonds is 7. The Morgan fingerprint density at radius 1 is 1.00 bits per heavy atom. The molecule has 1 aliphatic rings. The number of nitrogens with zero attached hydrogens (tertiary/aromatic N) is 1. The standard InChI is InChI=1S/C21H21N3O5/c1-3-22-18(25)12-29-15-10-8-14(9-11-15)23-19(26)13(2)24-20(27)16-6-4-5-7-17(16)21(24)28/h4-11,13H,3,12H2,1-2H3,(H,22,25)(H,23,26). The van der Waals surface area contributed by atoms with Gasteiger partial charge >= 0.3 is 0 Å². The van der Waals surface area contributed by atoms with Gasteiger partial charge in [0.05, 0.1) is 11.1 Å². The summed E-state index contributed by atoms with van der Waals surface area (Å²) in [6, 6.07) is 12.0. The zero-order chi connectivity index (χ0) is 21.0. The molecule has 4 amide bonds. The molecule has 8 nitrogen and oxygen atoms in total. The summed E-state index contributed by atoms with van der Waals surface area (Å²) in [5, 5.41) is 5.30. The fourth-order valence-electron chi connectivity index (χ4n) is 2.96. The number of carbonyl (C=O) groups excluding carboxylic acids is 4. The molecule has 0 aromatic heterocycles. The Labute approximate surface area is 167 Å². The van der Waals surface area contributed by atoms with Crippen LogP contribution >= 0.6 is 0 Å². The number of nitrogens with one attached hydrogen (secondary N) is 2. The molecule has 0 radical (unpaired) electrons. The van der Waals surface area contributed by atoms with E-state index in [1.165, 1.54) is 6.92 Å². The quantitative estimate of drug-likeness (QED) is 0.696. The van der Waals surface area contributed by atoms with Gasteiger partial charge in [-0.15, -0.1) is 0 Å². The number of benzene rings is 2. The predicted octanol–water partition coefficient (Wildman–Crippen LogP) is 1.82. The van der Waals surface area contributed by atoms with E-state index in [-0.39, 0.29) is 12.5 Å². The predicted molar refractivity (Wildman–Crippen MR) is 106 cm³/mol. The van der Waals surface area contributed by atoms with Crippen LogP contribution in [0.25, 0.3) is 0 Å². The van der Waals surface area contributed by atoms with E-state index >= 15 is 0 Å². The average molecular weight is 395 g/mol. The molecule has 2 N–H and O–H groups in total. The van der Waals surface area contributed by atoms with Crippen molar-refractivity contribution in [2.45, 2.75) is 19.9 Å². The Morgan fingerprint density at radius 2 is 1.59 bits per heavy atom. The van der Waals surface area contributed by atoms with Gasteiger partial charge in [-0.05, 0) is 50.2 Å². The number of imide groups is 1. The van der Waals surface area contributed by atoms with E-state index in [0.29, 0.717) is 29.1 Å². The van der Waals surface area contributed by atoms with Gasteiger partial charge in [0.25, 0.3) is 17.7 Å². The van der Waals surface area contributed by atoms with Crippen LogP contribution in [-0.4, -0.2) is 47.7 Å². The maximum Gasteiger partial charge on any atom is 0.262 e. The van der Waals surface area contributed by atoms with Crippen LogP contribution in [-0.2, 0) is 9.59 Å². The molecule has 2 aromatic carbocycles. The molecule has 29 heavy (non-hydrogen) atoms. The van der Waals surface area contributed by atoms with Gasteiger partial charge in [0.2, 0.25) is 5.91 Å². The van der Waals surface area contributed by atoms with Crippen molar-refractivity contribution in [2.75, 3.05) is 18.5 Å². The normalized spacial score (nSPS) is 13.7. The highest BCUT2D eigenvalue weighted by molar-refractivity contribution is 6.23. The number of fused-ring (bicyclic) bond motifs is 1. The fourth-order valence-corrected chi connectivity index (χ4v) is 2.96. The molecule has 1 aliphatic heterocycles. The zero-order valence-electron chi connectivity index (χ0n) is 16.1. The minimum absolute atomic E-state index is 0.101. The Hall–Kier alpha value is -3.68. The lowest BCUT2D eigenvalue weighted by molar-refractivity contribution is -0.123. The topological polar surface area (TPSA) is 105 Å². The molecule has 0 saturated carbocycles. The summed E-state index contributed by atoms with van der Waals surface area (Å²) < 4.78 is 5.35. The van der Waals surface area contributed by atoms with E-state index in [4.69, 9.17) is 4.74 Å². The maximum atomic E-state index is 12.6. The van der Waals surface area contributed by atoms with Crippen LogP contribution in [0.15, 0.2) is 48.5 Å². The maximum absolute atomic E-state index is 12.6. The number of likely N-dealkylation sites (N-methyl/N-ethyl adjacent to an activating group) is 1. The smallest absolute Gasteiger partial charge is 0.262 e. The second-order valence-corrected chi connectivity index (χ2v) is 6.46. The first-order chi connectivity index (χ1) is 13.9. The summed E-state index contributed by atoms with van der Waals surface area (Å²) in [6.45, 7) is 3.74. The number of carbonyl (C=O) groups is 4. The van der Waals surface area contributed by atoms with Crippen molar-refractivity contribution in [1.29, 1.82) is 0 Å². The van der Waals surface area contributed by atoms with Crippen molar-refractivity contribution in [2.24, 2.45) is 0 Å². The third-order valence-electron chi connectivity index (χ3n) is 4.46. The van der Waals surface area contributed by atoms with Gasteiger partial charge in [-0.25, -0.2) is 0 Å². The number of amides is 4. The second-order valence-electron chi connectivity index (χ2n) is 6.46. The molecule has 0 bridgehead atoms. The van der Waals surface area contributed by atoms with Gasteiger partial charge in [-0.1, -0.05) is 12.1 Å². The Kier molecular flexibility index (Phi) is 5.92. The molecule has 150 valence electrons. The van der Waals surface area contributed by atoms with Gasteiger partial charge in [0, 0.05) is 12.2 Å². The van der Waals surface area contributed by atoms with E-state index in [0.717, 1.165) is 4.90 Å². The highest BCUT2D eigenvalue weighted by Crippen LogP contribution is 2.25. The first-order valence-electron chi connectivity index (χ1n) is 9.19. The van der Waals surface area contributed by atoms with Crippen molar-refractivity contribution in [3.8, 4) is 5.75 Å². The molecule has 0 fully saturated rings. The molecule has 3 rings (SSSR count). The SMILES string of the molecule is CCNC(=O)COc1ccc(NC(=O)C(C)N2C(=O)c3ccccc3C2=O)cc1. The molecule has 0 aliphatic carbocycles. The van der Waals surface area contributed by atoms with Crippen molar-refractivity contribution in [3.05, 3.63) is 59.7 Å². The zero-order valence-corrected chi connectivity index (χ0v) is 16.1. The molecule has 1 heterocycles. The van der Waals surface area contributed by atoms with Crippen LogP contribution in [0.2, 0.25) is 0 Å². The molecule has 1 atom stereocenters. The fraction of sp³-hybridized carbons (Fsp3) is 0.238. The number of anilines is 1. The summed E-state index contributed by atoms with van der Waals surface area (Å²) in [4.78, 5) is 49.9. The van der Waals surface area contributed by atoms with Crippen molar-refractivity contribution >= 4 is 29.3 Å². The lowest BCUT2D eigenvalue weighted by Gasteiger charge is -2.21. The van der Waals surface area contributed by atoms with Crippen molar-refractivity contribution in [3.63, 3.8) is 0 Å². The minimum Gasteiger partial charge on any atom is -0.484 e. The van der Waals surface area contributed by atoms with Crippen molar-refractivity contribution < 1.29 is 23.9 Å². The first-order valence-corrected chi connectivity index (χ1v) is 9.19. The number of ether oxygens (including phenoxy) is 1. The highest BCUT2D eigenvalue weighted by atomic mass is 16.5. The third kappa shape index (κ3) is 4.26. The third-order valence-corrected chi connectivity index (χ3v) is 4.46. The van der Waals surface area contributed by atoms with Crippen LogP contribution in [0.5, 0.6) is 5.75 Å². The highest BCUT2D eigenvalue weighted by Gasteiger charge is 2.40. The Morgan fingerprint density at radius 3 is 2.14 bits per heavy atom. The van der Waals surface area contributed by atoms with Gasteiger partial charge in [-0.3, -0.25) is 24.1 Å². The summed E-state index contributed by atoms with van der Waals surface area (Å²) in [5.74, 6) is -1.21. The van der Waals surface area contributed by atoms with Crippen LogP contribution in [0.1, 0.15) is 34.6 Å². The van der Waals surface area contributed by atoms with Gasteiger partial charge in [0.1, 0.15) is 11.8 Å². The Balaban J connectivity index is 1.61. The molecule has 8 heteroatoms. The lowest BCUT2D eigenvalue weighted by Crippen LogP contribution is -2.45. The van der Waals surface area contributed by atoms with Crippen molar-refractivity contribution in [1.82, 2.24) is 10.2 Å². The molecule has 0 spiro atoms. The summed E-state index contributed by atoms with van der Waals surface area (Å²) in [5.41, 5.74) is 1.07. The van der Waals surface area contributed by atoms with E-state index in [9.17, 15) is 19.2 Å². The van der Waals surface area contributed by atoms with Gasteiger partial charge in [-0.2, -0.15) is 0 Å². The largest absolute Gasteiger partial charge is 0.484 e. The molecular weight excluding hydrogens is 374 g/mol. The first kappa shape index (κ1) is 20.1. The molecule has 2 aromatic rings. The van der Waals surface area contributed by atoms with E-state index < -0.39 is 23.8 Å². The second kappa shape index (κ2) is 8.55. The number of hydrogen-bond donors (Lipinski definition) is 2. The van der Waals surface area contributed by atoms with Gasteiger partial charge < -0.3 is 15.4 Å².